The molecular formula is C21H26BrN7O2S. The second-order valence-corrected chi connectivity index (χ2v) is 10.0. The Hall–Kier alpha value is -2.60. The summed E-state index contributed by atoms with van der Waals surface area (Å²) in [5.74, 6) is 0.420. The number of hydrogen-bond donors (Lipinski definition) is 3. The minimum Gasteiger partial charge on any atom is -0.383 e. The van der Waals surface area contributed by atoms with Gasteiger partial charge in [-0.05, 0) is 35.0 Å². The van der Waals surface area contributed by atoms with Crippen molar-refractivity contribution in [2.45, 2.75) is 6.92 Å². The van der Waals surface area contributed by atoms with Gasteiger partial charge in [0.25, 0.3) is 0 Å². The second kappa shape index (κ2) is 10.8. The van der Waals surface area contributed by atoms with Gasteiger partial charge < -0.3 is 11.1 Å². The van der Waals surface area contributed by atoms with Crippen LogP contribution in [0.2, 0.25) is 0 Å². The van der Waals surface area contributed by atoms with Crippen LogP contribution in [0.4, 0.5) is 5.82 Å². The normalized spacial score (nSPS) is 14.3. The van der Waals surface area contributed by atoms with Gasteiger partial charge in [-0.15, -0.1) is 0 Å². The van der Waals surface area contributed by atoms with Crippen molar-refractivity contribution in [2.75, 3.05) is 38.2 Å². The predicted molar refractivity (Wildman–Crippen MR) is 131 cm³/mol. The summed E-state index contributed by atoms with van der Waals surface area (Å²) in [5.41, 5.74) is 9.37. The zero-order chi connectivity index (χ0) is 23.1. The first-order valence-electron chi connectivity index (χ1n) is 9.96. The van der Waals surface area contributed by atoms with E-state index in [4.69, 9.17) is 5.73 Å². The van der Waals surface area contributed by atoms with Gasteiger partial charge in [-0.25, -0.2) is 8.42 Å². The molecule has 0 bridgehead atoms. The number of aromatic nitrogens is 4. The average Bonchev–Trinajstić information content (AvgIpc) is 2.85. The minimum atomic E-state index is -2.93. The molecular weight excluding hydrogens is 494 g/mol. The van der Waals surface area contributed by atoms with Gasteiger partial charge >= 0.3 is 0 Å². The summed E-state index contributed by atoms with van der Waals surface area (Å²) in [5, 5.41) is 11.1. The lowest BCUT2D eigenvalue weighted by molar-refractivity contribution is 0.363. The molecule has 9 nitrogen and oxygen atoms in total. The molecule has 4 rings (SSSR count). The number of hydrogen-bond acceptors (Lipinski definition) is 7. The van der Waals surface area contributed by atoms with Crippen LogP contribution in [0.1, 0.15) is 5.69 Å². The molecule has 32 heavy (non-hydrogen) atoms. The molecule has 1 fully saturated rings. The number of sulfonamides is 1. The SMILES string of the molecule is CS(=O)(=O)N1CCNCC1.Cc1ncc(-c2cnc3ccccc3c2)cn[nH]c(N)c1Br. The highest BCUT2D eigenvalue weighted by atomic mass is 79.9. The van der Waals surface area contributed by atoms with Crippen molar-refractivity contribution in [3.63, 3.8) is 0 Å². The molecule has 4 N–H and O–H groups in total. The van der Waals surface area contributed by atoms with Gasteiger partial charge in [0.05, 0.1) is 28.1 Å². The number of nitrogens with one attached hydrogen (secondary N) is 2. The van der Waals surface area contributed by atoms with E-state index in [0.717, 1.165) is 40.8 Å². The zero-order valence-electron chi connectivity index (χ0n) is 17.9. The Morgan fingerprint density at radius 3 is 2.44 bits per heavy atom. The number of nitrogen functional groups attached to an aromatic ring is 1. The molecule has 0 unspecified atom stereocenters. The van der Waals surface area contributed by atoms with Gasteiger partial charge in [-0.2, -0.15) is 9.40 Å². The van der Waals surface area contributed by atoms with Gasteiger partial charge in [-0.3, -0.25) is 15.1 Å². The number of para-hydroxylation sites is 1. The number of fused-ring (bicyclic) bond motifs is 1. The van der Waals surface area contributed by atoms with Crippen molar-refractivity contribution in [2.24, 2.45) is 0 Å². The van der Waals surface area contributed by atoms with Crippen LogP contribution in [-0.2, 0) is 10.0 Å². The standard InChI is InChI=1S/C16H14BrN5.C5H12N2O2S/c1-10-15(17)16(18)22-21-9-13(8-19-10)12-6-11-4-2-3-5-14(11)20-7-12;1-10(8,9)7-4-2-6-3-5-7/h2-9,22H,18H2,1H3;6H,2-5H2,1H3. The third kappa shape index (κ3) is 6.45. The Labute approximate surface area is 196 Å². The van der Waals surface area contributed by atoms with Gasteiger partial charge in [0.15, 0.2) is 0 Å². The van der Waals surface area contributed by atoms with Crippen molar-refractivity contribution in [1.82, 2.24) is 29.8 Å². The Morgan fingerprint density at radius 1 is 1.06 bits per heavy atom. The summed E-state index contributed by atoms with van der Waals surface area (Å²) in [4.78, 5) is 8.89. The maximum absolute atomic E-state index is 10.9. The number of nitrogens with zero attached hydrogens (tertiary/aromatic N) is 4. The van der Waals surface area contributed by atoms with Gasteiger partial charge in [0.1, 0.15) is 5.82 Å². The van der Waals surface area contributed by atoms with E-state index < -0.39 is 10.0 Å². The molecule has 0 radical (unpaired) electrons. The van der Waals surface area contributed by atoms with E-state index >= 15 is 0 Å². The summed E-state index contributed by atoms with van der Waals surface area (Å²) in [7, 11) is -2.93. The second-order valence-electron chi connectivity index (χ2n) is 7.23. The minimum absolute atomic E-state index is 0.420. The van der Waals surface area contributed by atoms with E-state index in [1.54, 1.807) is 12.4 Å². The van der Waals surface area contributed by atoms with Crippen LogP contribution >= 0.6 is 15.9 Å². The average molecular weight is 520 g/mol. The highest BCUT2D eigenvalue weighted by Gasteiger charge is 2.17. The van der Waals surface area contributed by atoms with Crippen molar-refractivity contribution < 1.29 is 8.42 Å². The fourth-order valence-corrected chi connectivity index (χ4v) is 4.06. The number of pyridine rings is 1. The molecule has 1 aliphatic heterocycles. The molecule has 170 valence electrons. The molecule has 1 saturated heterocycles. The Morgan fingerprint density at radius 2 is 1.75 bits per heavy atom. The van der Waals surface area contributed by atoms with E-state index in [1.807, 2.05) is 37.4 Å². The topological polar surface area (TPSA) is 130 Å². The van der Waals surface area contributed by atoms with Crippen LogP contribution in [-0.4, -0.2) is 65.3 Å². The quantitative estimate of drug-likeness (QED) is 0.474. The largest absolute Gasteiger partial charge is 0.383 e. The fourth-order valence-electron chi connectivity index (χ4n) is 3.03. The number of benzene rings is 1. The molecule has 2 aromatic heterocycles. The van der Waals surface area contributed by atoms with Crippen molar-refractivity contribution in [3.05, 3.63) is 59.1 Å². The van der Waals surface area contributed by atoms with Crippen molar-refractivity contribution in [3.8, 4) is 11.1 Å². The first kappa shape index (κ1) is 24.1. The molecule has 11 heteroatoms. The molecule has 0 aliphatic carbocycles. The lowest BCUT2D eigenvalue weighted by atomic mass is 10.1. The summed E-state index contributed by atoms with van der Waals surface area (Å²) >= 11 is 3.39. The zero-order valence-corrected chi connectivity index (χ0v) is 20.3. The molecule has 0 spiro atoms. The first-order chi connectivity index (χ1) is 15.3. The van der Waals surface area contributed by atoms with E-state index in [9.17, 15) is 8.42 Å². The van der Waals surface area contributed by atoms with E-state index in [-0.39, 0.29) is 0 Å². The highest BCUT2D eigenvalue weighted by Crippen LogP contribution is 2.22. The van der Waals surface area contributed by atoms with E-state index in [1.165, 1.54) is 10.6 Å². The molecule has 3 aromatic rings. The van der Waals surface area contributed by atoms with E-state index in [0.29, 0.717) is 23.4 Å². The maximum Gasteiger partial charge on any atom is 0.211 e. The predicted octanol–water partition coefficient (Wildman–Crippen LogP) is 2.65. The van der Waals surface area contributed by atoms with Crippen LogP contribution in [0.25, 0.3) is 22.0 Å². The maximum atomic E-state index is 10.9. The molecule has 1 aromatic carbocycles. The van der Waals surface area contributed by atoms with E-state index in [2.05, 4.69) is 47.5 Å². The number of piperazine rings is 1. The lowest BCUT2D eigenvalue weighted by Crippen LogP contribution is -2.45. The van der Waals surface area contributed by atoms with Gasteiger partial charge in [0.2, 0.25) is 10.0 Å². The third-order valence-corrected chi connectivity index (χ3v) is 7.11. The van der Waals surface area contributed by atoms with Gasteiger partial charge in [-0.1, -0.05) is 18.2 Å². The molecule has 0 atom stereocenters. The van der Waals surface area contributed by atoms with Crippen molar-refractivity contribution in [1.29, 1.82) is 0 Å². The van der Waals surface area contributed by atoms with Crippen LogP contribution in [0.3, 0.4) is 0 Å². The number of rotatable bonds is 2. The molecule has 1 aliphatic rings. The molecule has 0 amide bonds. The Kier molecular flexibility index (Phi) is 8.13. The first-order valence-corrected chi connectivity index (χ1v) is 12.6. The molecule has 3 heterocycles. The van der Waals surface area contributed by atoms with Crippen LogP contribution in [0.15, 0.2) is 53.4 Å². The number of aryl methyl sites for hydroxylation is 1. The Bertz CT molecular complexity index is 1240. The fraction of sp³-hybridized carbons (Fsp3) is 0.286. The lowest BCUT2D eigenvalue weighted by Gasteiger charge is -2.24. The Balaban J connectivity index is 0.000000243. The van der Waals surface area contributed by atoms with Crippen molar-refractivity contribution >= 4 is 42.7 Å². The summed E-state index contributed by atoms with van der Waals surface area (Å²) < 4.78 is 24.0. The number of nitrogens with two attached hydrogens (primary N) is 1. The van der Waals surface area contributed by atoms with Crippen LogP contribution < -0.4 is 11.1 Å². The number of aromatic amines is 1. The summed E-state index contributed by atoms with van der Waals surface area (Å²) in [6.07, 6.45) is 6.50. The highest BCUT2D eigenvalue weighted by molar-refractivity contribution is 9.10. The number of halogens is 1. The smallest absolute Gasteiger partial charge is 0.211 e. The monoisotopic (exact) mass is 519 g/mol. The van der Waals surface area contributed by atoms with Gasteiger partial charge in [0, 0.05) is 55.1 Å². The summed E-state index contributed by atoms with van der Waals surface area (Å²) in [6, 6.07) is 10.0. The molecule has 0 saturated carbocycles. The third-order valence-electron chi connectivity index (χ3n) is 4.81. The van der Waals surface area contributed by atoms with Crippen LogP contribution in [0, 0.1) is 6.92 Å². The number of anilines is 1. The summed E-state index contributed by atoms with van der Waals surface area (Å²) in [6.45, 7) is 4.63. The number of H-pyrrole nitrogens is 1. The van der Waals surface area contributed by atoms with Crippen LogP contribution in [0.5, 0.6) is 0 Å².